The maximum atomic E-state index is 2.35. The quantitative estimate of drug-likeness (QED) is 0.333. The molecule has 0 heterocycles. The van der Waals surface area contributed by atoms with E-state index in [0.29, 0.717) is 0 Å². The first-order chi connectivity index (χ1) is 8.41. The van der Waals surface area contributed by atoms with Crippen molar-refractivity contribution in [3.63, 3.8) is 0 Å². The van der Waals surface area contributed by atoms with Crippen LogP contribution in [-0.4, -0.2) is 0 Å². The molecule has 0 fully saturated rings. The fourth-order valence-electron chi connectivity index (χ4n) is 1.28. The highest BCUT2D eigenvalue weighted by Crippen LogP contribution is 2.14. The van der Waals surface area contributed by atoms with E-state index >= 15 is 0 Å². The van der Waals surface area contributed by atoms with Crippen LogP contribution in [0.25, 0.3) is 0 Å². The molecule has 0 saturated carbocycles. The van der Waals surface area contributed by atoms with Crippen molar-refractivity contribution in [2.45, 2.75) is 20.8 Å². The van der Waals surface area contributed by atoms with Gasteiger partial charge in [-0.3, -0.25) is 0 Å². The van der Waals surface area contributed by atoms with Crippen LogP contribution in [0.4, 0.5) is 0 Å². The summed E-state index contributed by atoms with van der Waals surface area (Å²) in [5.41, 5.74) is 4.14. The molecule has 18 heavy (non-hydrogen) atoms. The lowest BCUT2D eigenvalue weighted by molar-refractivity contribution is 1.31. The molecule has 2 rings (SSSR count). The van der Waals surface area contributed by atoms with Crippen molar-refractivity contribution in [3.05, 3.63) is 63.8 Å². The molecule has 0 aromatic heterocycles. The van der Waals surface area contributed by atoms with Crippen LogP contribution in [-0.2, 0) is 0 Å². The summed E-state index contributed by atoms with van der Waals surface area (Å²) in [4.78, 5) is 0. The molecule has 0 aliphatic rings. The smallest absolute Gasteiger partial charge is 0.0170 e. The SMILES string of the molecule is Cc1ccc(I)cc1I.Cc1cccc(I)c1C. The minimum Gasteiger partial charge on any atom is -0.0609 e. The predicted octanol–water partition coefficient (Wildman–Crippen LogP) is 6.11. The second-order valence-electron chi connectivity index (χ2n) is 4.08. The van der Waals surface area contributed by atoms with Crippen LogP contribution < -0.4 is 0 Å². The summed E-state index contributed by atoms with van der Waals surface area (Å²) >= 11 is 7.01. The lowest BCUT2D eigenvalue weighted by Gasteiger charge is -1.99. The van der Waals surface area contributed by atoms with E-state index in [0.717, 1.165) is 0 Å². The molecule has 2 aromatic carbocycles. The summed E-state index contributed by atoms with van der Waals surface area (Å²) in [6.45, 7) is 6.41. The zero-order chi connectivity index (χ0) is 13.7. The highest BCUT2D eigenvalue weighted by molar-refractivity contribution is 14.1. The van der Waals surface area contributed by atoms with Gasteiger partial charge in [-0.15, -0.1) is 0 Å². The first kappa shape index (κ1) is 16.7. The molecule has 0 atom stereocenters. The zero-order valence-corrected chi connectivity index (χ0v) is 17.1. The average molecular weight is 576 g/mol. The Hall–Kier alpha value is 0.630. The van der Waals surface area contributed by atoms with Gasteiger partial charge in [0.2, 0.25) is 0 Å². The van der Waals surface area contributed by atoms with Crippen LogP contribution in [0.5, 0.6) is 0 Å². The number of benzene rings is 2. The molecule has 2 aromatic rings. The molecule has 0 aliphatic carbocycles. The second kappa shape index (κ2) is 8.04. The van der Waals surface area contributed by atoms with Gasteiger partial charge in [-0.1, -0.05) is 18.2 Å². The number of halogens is 3. The zero-order valence-electron chi connectivity index (χ0n) is 10.6. The highest BCUT2D eigenvalue weighted by atomic mass is 127. The summed E-state index contributed by atoms with van der Waals surface area (Å²) in [6.07, 6.45) is 0. The number of rotatable bonds is 0. The standard InChI is InChI=1S/C8H9I.C7H6I2/c1-6-4-3-5-8(9)7(6)2;1-5-2-3-6(8)4-7(5)9/h3-5H,1-2H3;2-4H,1H3. The van der Waals surface area contributed by atoms with Crippen LogP contribution in [0.3, 0.4) is 0 Å². The van der Waals surface area contributed by atoms with Crippen LogP contribution in [0.1, 0.15) is 16.7 Å². The summed E-state index contributed by atoms with van der Waals surface area (Å²) < 4.78 is 4.01. The van der Waals surface area contributed by atoms with Gasteiger partial charge in [0, 0.05) is 10.7 Å². The van der Waals surface area contributed by atoms with Crippen molar-refractivity contribution in [3.8, 4) is 0 Å². The average Bonchev–Trinajstić information content (AvgIpc) is 2.32. The van der Waals surface area contributed by atoms with Crippen molar-refractivity contribution in [1.29, 1.82) is 0 Å². The molecule has 0 aliphatic heterocycles. The molecule has 0 bridgehead atoms. The van der Waals surface area contributed by atoms with Gasteiger partial charge in [-0.2, -0.15) is 0 Å². The third kappa shape index (κ3) is 5.32. The molecule has 0 amide bonds. The van der Waals surface area contributed by atoms with Crippen LogP contribution in [0, 0.1) is 31.5 Å². The van der Waals surface area contributed by atoms with E-state index in [1.807, 2.05) is 0 Å². The Morgan fingerprint density at radius 1 is 0.722 bits per heavy atom. The Morgan fingerprint density at radius 3 is 1.83 bits per heavy atom. The Balaban J connectivity index is 0.000000180. The molecule has 0 nitrogen and oxygen atoms in total. The van der Waals surface area contributed by atoms with Gasteiger partial charge in [-0.25, -0.2) is 0 Å². The molecule has 0 saturated heterocycles. The minimum absolute atomic E-state index is 1.31. The van der Waals surface area contributed by atoms with Crippen molar-refractivity contribution < 1.29 is 0 Å². The monoisotopic (exact) mass is 576 g/mol. The Morgan fingerprint density at radius 2 is 1.39 bits per heavy atom. The third-order valence-corrected chi connectivity index (χ3v) is 5.67. The molecule has 0 spiro atoms. The molecule has 0 radical (unpaired) electrons. The minimum atomic E-state index is 1.31. The largest absolute Gasteiger partial charge is 0.0609 e. The highest BCUT2D eigenvalue weighted by Gasteiger charge is 1.93. The molecule has 3 heteroatoms. The number of hydrogen-bond donors (Lipinski definition) is 0. The molecule has 0 unspecified atom stereocenters. The van der Waals surface area contributed by atoms with Crippen LogP contribution in [0.15, 0.2) is 36.4 Å². The Labute approximate surface area is 150 Å². The normalized spacial score (nSPS) is 9.67. The summed E-state index contributed by atoms with van der Waals surface area (Å²) in [5, 5.41) is 0. The molecule has 0 N–H and O–H groups in total. The molecule has 96 valence electrons. The van der Waals surface area contributed by atoms with E-state index in [1.54, 1.807) is 0 Å². The van der Waals surface area contributed by atoms with E-state index in [-0.39, 0.29) is 0 Å². The van der Waals surface area contributed by atoms with E-state index in [2.05, 4.69) is 125 Å². The Kier molecular flexibility index (Phi) is 7.45. The third-order valence-electron chi connectivity index (χ3n) is 2.67. The van der Waals surface area contributed by atoms with Crippen molar-refractivity contribution in [2.24, 2.45) is 0 Å². The summed E-state index contributed by atoms with van der Waals surface area (Å²) in [6, 6.07) is 12.8. The first-order valence-electron chi connectivity index (χ1n) is 5.55. The van der Waals surface area contributed by atoms with Gasteiger partial charge in [0.05, 0.1) is 0 Å². The van der Waals surface area contributed by atoms with Crippen molar-refractivity contribution in [1.82, 2.24) is 0 Å². The van der Waals surface area contributed by atoms with Crippen molar-refractivity contribution >= 4 is 67.8 Å². The van der Waals surface area contributed by atoms with Gasteiger partial charge in [0.1, 0.15) is 0 Å². The predicted molar refractivity (Wildman–Crippen MR) is 105 cm³/mol. The number of hydrogen-bond acceptors (Lipinski definition) is 0. The van der Waals surface area contributed by atoms with Gasteiger partial charge >= 0.3 is 0 Å². The van der Waals surface area contributed by atoms with Gasteiger partial charge in [0.15, 0.2) is 0 Å². The summed E-state index contributed by atoms with van der Waals surface area (Å²) in [5.74, 6) is 0. The van der Waals surface area contributed by atoms with Gasteiger partial charge in [-0.05, 0) is 123 Å². The van der Waals surface area contributed by atoms with Crippen LogP contribution >= 0.6 is 67.8 Å². The maximum absolute atomic E-state index is 2.35. The Bertz CT molecular complexity index is 513. The molecular formula is C15H15I3. The second-order valence-corrected chi connectivity index (χ2v) is 7.65. The topological polar surface area (TPSA) is 0 Å². The first-order valence-corrected chi connectivity index (χ1v) is 8.79. The van der Waals surface area contributed by atoms with E-state index < -0.39 is 0 Å². The lowest BCUT2D eigenvalue weighted by atomic mass is 10.1. The number of aryl methyl sites for hydroxylation is 2. The lowest BCUT2D eigenvalue weighted by Crippen LogP contribution is -1.82. The van der Waals surface area contributed by atoms with Crippen molar-refractivity contribution in [2.75, 3.05) is 0 Å². The van der Waals surface area contributed by atoms with E-state index in [9.17, 15) is 0 Å². The van der Waals surface area contributed by atoms with E-state index in [1.165, 1.54) is 27.4 Å². The summed E-state index contributed by atoms with van der Waals surface area (Å²) in [7, 11) is 0. The van der Waals surface area contributed by atoms with Gasteiger partial charge < -0.3 is 0 Å². The maximum Gasteiger partial charge on any atom is 0.0170 e. The van der Waals surface area contributed by atoms with E-state index in [4.69, 9.17) is 0 Å². The fraction of sp³-hybridized carbons (Fsp3) is 0.200. The van der Waals surface area contributed by atoms with Crippen LogP contribution in [0.2, 0.25) is 0 Å². The van der Waals surface area contributed by atoms with Gasteiger partial charge in [0.25, 0.3) is 0 Å². The molecular weight excluding hydrogens is 561 g/mol. The fourth-order valence-corrected chi connectivity index (χ4v) is 3.52.